The van der Waals surface area contributed by atoms with Crippen LogP contribution >= 0.6 is 0 Å². The van der Waals surface area contributed by atoms with E-state index in [0.717, 1.165) is 24.3 Å². The highest BCUT2D eigenvalue weighted by molar-refractivity contribution is 6.13. The highest BCUT2D eigenvalue weighted by Gasteiger charge is 2.32. The molecule has 1 atom stereocenters. The minimum absolute atomic E-state index is 0.0847. The van der Waals surface area contributed by atoms with Gasteiger partial charge in [0.05, 0.1) is 11.6 Å². The van der Waals surface area contributed by atoms with Gasteiger partial charge in [-0.1, -0.05) is 26.0 Å². The highest BCUT2D eigenvalue weighted by Crippen LogP contribution is 2.29. The summed E-state index contributed by atoms with van der Waals surface area (Å²) in [7, 11) is 0. The van der Waals surface area contributed by atoms with Crippen LogP contribution in [0.25, 0.3) is 0 Å². The second-order valence-electron chi connectivity index (χ2n) is 4.56. The van der Waals surface area contributed by atoms with E-state index in [4.69, 9.17) is 5.26 Å². The number of rotatable bonds is 4. The average molecular weight is 283 g/mol. The Kier molecular flexibility index (Phi) is 4.66. The lowest BCUT2D eigenvalue weighted by Gasteiger charge is -2.11. The zero-order valence-corrected chi connectivity index (χ0v) is 10.9. The van der Waals surface area contributed by atoms with E-state index in [0.29, 0.717) is 0 Å². The Balaban J connectivity index is 3.04. The van der Waals surface area contributed by atoms with Gasteiger partial charge in [0.15, 0.2) is 17.5 Å². The van der Waals surface area contributed by atoms with E-state index in [1.165, 1.54) is 0 Å². The zero-order valence-electron chi connectivity index (χ0n) is 10.9. The third-order valence-corrected chi connectivity index (χ3v) is 2.74. The third kappa shape index (κ3) is 3.44. The van der Waals surface area contributed by atoms with Gasteiger partial charge < -0.3 is 0 Å². The lowest BCUT2D eigenvalue weighted by atomic mass is 9.89. The van der Waals surface area contributed by atoms with Gasteiger partial charge in [-0.25, -0.2) is 0 Å². The Bertz CT molecular complexity index is 553. The lowest BCUT2D eigenvalue weighted by molar-refractivity contribution is -0.137. The second-order valence-corrected chi connectivity index (χ2v) is 4.56. The molecule has 3 nitrogen and oxygen atoms in total. The van der Waals surface area contributed by atoms with E-state index >= 15 is 0 Å². The number of nitrogens with zero attached hydrogens (tertiary/aromatic N) is 1. The molecule has 0 amide bonds. The van der Waals surface area contributed by atoms with Crippen molar-refractivity contribution >= 4 is 11.6 Å². The summed E-state index contributed by atoms with van der Waals surface area (Å²) in [5.41, 5.74) is -0.976. The van der Waals surface area contributed by atoms with E-state index in [2.05, 4.69) is 0 Å². The number of nitriles is 1. The molecule has 0 bridgehead atoms. The SMILES string of the molecule is CC(C)C(=O)C(C#N)C(=O)c1ccc(C(F)(F)F)cc1. The van der Waals surface area contributed by atoms with Gasteiger partial charge in [0, 0.05) is 11.5 Å². The van der Waals surface area contributed by atoms with Crippen LogP contribution < -0.4 is 0 Å². The summed E-state index contributed by atoms with van der Waals surface area (Å²) in [6, 6.07) is 5.06. The topological polar surface area (TPSA) is 57.9 Å². The third-order valence-electron chi connectivity index (χ3n) is 2.74. The zero-order chi connectivity index (χ0) is 15.5. The van der Waals surface area contributed by atoms with Crippen LogP contribution in [-0.2, 0) is 11.0 Å². The molecule has 0 spiro atoms. The van der Waals surface area contributed by atoms with Gasteiger partial charge in [-0.3, -0.25) is 9.59 Å². The average Bonchev–Trinajstić information content (AvgIpc) is 2.38. The molecule has 0 radical (unpaired) electrons. The van der Waals surface area contributed by atoms with Crippen molar-refractivity contribution in [2.45, 2.75) is 20.0 Å². The number of hydrogen-bond acceptors (Lipinski definition) is 3. The highest BCUT2D eigenvalue weighted by atomic mass is 19.4. The summed E-state index contributed by atoms with van der Waals surface area (Å²) < 4.78 is 37.2. The van der Waals surface area contributed by atoms with Crippen molar-refractivity contribution in [3.05, 3.63) is 35.4 Å². The number of hydrogen-bond donors (Lipinski definition) is 0. The molecule has 1 aromatic rings. The summed E-state index contributed by atoms with van der Waals surface area (Å²) in [4.78, 5) is 23.6. The van der Waals surface area contributed by atoms with E-state index in [9.17, 15) is 22.8 Å². The molecule has 6 heteroatoms. The number of alkyl halides is 3. The number of ketones is 2. The van der Waals surface area contributed by atoms with Gasteiger partial charge in [0.1, 0.15) is 0 Å². The molecule has 1 rings (SSSR count). The van der Waals surface area contributed by atoms with E-state index in [-0.39, 0.29) is 5.56 Å². The van der Waals surface area contributed by atoms with Crippen LogP contribution in [0.5, 0.6) is 0 Å². The van der Waals surface area contributed by atoms with Crippen LogP contribution in [-0.4, -0.2) is 11.6 Å². The summed E-state index contributed by atoms with van der Waals surface area (Å²) in [6.07, 6.45) is -4.50. The summed E-state index contributed by atoms with van der Waals surface area (Å²) in [5, 5.41) is 8.89. The van der Waals surface area contributed by atoms with Gasteiger partial charge in [0.25, 0.3) is 0 Å². The van der Waals surface area contributed by atoms with Crippen molar-refractivity contribution in [1.29, 1.82) is 5.26 Å². The monoisotopic (exact) mass is 283 g/mol. The van der Waals surface area contributed by atoms with Crippen LogP contribution in [0.15, 0.2) is 24.3 Å². The van der Waals surface area contributed by atoms with Crippen molar-refractivity contribution < 1.29 is 22.8 Å². The minimum atomic E-state index is -4.50. The van der Waals surface area contributed by atoms with Crippen LogP contribution in [0.3, 0.4) is 0 Å². The fourth-order valence-corrected chi connectivity index (χ4v) is 1.57. The van der Waals surface area contributed by atoms with Crippen LogP contribution in [0.4, 0.5) is 13.2 Å². The standard InChI is InChI=1S/C14H12F3NO2/c1-8(2)12(19)11(7-18)13(20)9-3-5-10(6-4-9)14(15,16)17/h3-6,8,11H,1-2H3. The van der Waals surface area contributed by atoms with Crippen molar-refractivity contribution in [2.24, 2.45) is 11.8 Å². The van der Waals surface area contributed by atoms with Gasteiger partial charge >= 0.3 is 6.18 Å². The molecule has 0 saturated carbocycles. The maximum Gasteiger partial charge on any atom is 0.416 e. The van der Waals surface area contributed by atoms with Crippen molar-refractivity contribution in [2.75, 3.05) is 0 Å². The number of carbonyl (C=O) groups is 2. The Labute approximate surface area is 114 Å². The number of carbonyl (C=O) groups excluding carboxylic acids is 2. The van der Waals surface area contributed by atoms with Crippen LogP contribution in [0.1, 0.15) is 29.8 Å². The Morgan fingerprint density at radius 3 is 2.00 bits per heavy atom. The molecule has 0 fully saturated rings. The first-order chi connectivity index (χ1) is 9.18. The molecular formula is C14H12F3NO2. The molecule has 20 heavy (non-hydrogen) atoms. The largest absolute Gasteiger partial charge is 0.416 e. The molecule has 0 saturated heterocycles. The predicted octanol–water partition coefficient (Wildman–Crippen LogP) is 3.25. The smallest absolute Gasteiger partial charge is 0.297 e. The molecule has 1 aromatic carbocycles. The van der Waals surface area contributed by atoms with Crippen LogP contribution in [0.2, 0.25) is 0 Å². The Hall–Kier alpha value is -2.16. The lowest BCUT2D eigenvalue weighted by Crippen LogP contribution is -2.26. The molecule has 0 aliphatic carbocycles. The van der Waals surface area contributed by atoms with Gasteiger partial charge in [-0.15, -0.1) is 0 Å². The molecule has 0 aliphatic heterocycles. The summed E-state index contributed by atoms with van der Waals surface area (Å²) in [5.74, 6) is -3.30. The predicted molar refractivity (Wildman–Crippen MR) is 64.7 cm³/mol. The van der Waals surface area contributed by atoms with Crippen molar-refractivity contribution in [3.63, 3.8) is 0 Å². The Morgan fingerprint density at radius 1 is 1.15 bits per heavy atom. The fraction of sp³-hybridized carbons (Fsp3) is 0.357. The first kappa shape index (κ1) is 15.9. The van der Waals surface area contributed by atoms with E-state index < -0.39 is 35.1 Å². The van der Waals surface area contributed by atoms with Gasteiger partial charge in [-0.05, 0) is 12.1 Å². The van der Waals surface area contributed by atoms with E-state index in [1.807, 2.05) is 0 Å². The quantitative estimate of drug-likeness (QED) is 0.629. The molecule has 106 valence electrons. The number of halogens is 3. The van der Waals surface area contributed by atoms with Gasteiger partial charge in [-0.2, -0.15) is 18.4 Å². The molecule has 0 aliphatic rings. The normalized spacial score (nSPS) is 12.8. The first-order valence-electron chi connectivity index (χ1n) is 5.83. The summed E-state index contributed by atoms with van der Waals surface area (Å²) in [6.45, 7) is 3.10. The Morgan fingerprint density at radius 2 is 1.65 bits per heavy atom. The van der Waals surface area contributed by atoms with Crippen molar-refractivity contribution in [3.8, 4) is 6.07 Å². The van der Waals surface area contributed by atoms with E-state index in [1.54, 1.807) is 19.9 Å². The molecule has 0 N–H and O–H groups in total. The number of Topliss-reactive ketones (excluding diaryl/α,β-unsaturated/α-hetero) is 2. The molecule has 1 unspecified atom stereocenters. The summed E-state index contributed by atoms with van der Waals surface area (Å²) >= 11 is 0. The first-order valence-corrected chi connectivity index (χ1v) is 5.83. The second kappa shape index (κ2) is 5.87. The molecule has 0 aromatic heterocycles. The van der Waals surface area contributed by atoms with Crippen molar-refractivity contribution in [1.82, 2.24) is 0 Å². The minimum Gasteiger partial charge on any atom is -0.297 e. The van der Waals surface area contributed by atoms with Gasteiger partial charge in [0.2, 0.25) is 0 Å². The maximum atomic E-state index is 12.4. The van der Waals surface area contributed by atoms with Crippen LogP contribution in [0, 0.1) is 23.2 Å². The molecular weight excluding hydrogens is 271 g/mol. The fourth-order valence-electron chi connectivity index (χ4n) is 1.57. The maximum absolute atomic E-state index is 12.4. The molecule has 0 heterocycles. The number of benzene rings is 1.